The molecular weight excluding hydrogens is 287 g/mol. The molecule has 3 amide bonds. The summed E-state index contributed by atoms with van der Waals surface area (Å²) >= 11 is 0. The molecule has 5 nitrogen and oxygen atoms in total. The Balaban J connectivity index is 2.14. The van der Waals surface area contributed by atoms with E-state index in [9.17, 15) is 22.8 Å². The number of hydrogen-bond acceptors (Lipinski definition) is 3. The van der Waals surface area contributed by atoms with E-state index in [1.165, 1.54) is 0 Å². The van der Waals surface area contributed by atoms with Crippen LogP contribution in [0.3, 0.4) is 0 Å². The van der Waals surface area contributed by atoms with Gasteiger partial charge in [-0.2, -0.15) is 13.2 Å². The molecule has 1 atom stereocenters. The summed E-state index contributed by atoms with van der Waals surface area (Å²) in [6, 6.07) is 5.72. The number of nitrogens with zero attached hydrogens (tertiary/aromatic N) is 1. The van der Waals surface area contributed by atoms with Crippen LogP contribution in [0.5, 0.6) is 0 Å². The Hall–Kier alpha value is -2.25. The van der Waals surface area contributed by atoms with Crippen LogP contribution in [0.25, 0.3) is 0 Å². The van der Waals surface area contributed by atoms with Crippen molar-refractivity contribution >= 4 is 17.6 Å². The van der Waals surface area contributed by atoms with E-state index in [2.05, 4.69) is 0 Å². The topological polar surface area (TPSA) is 75.4 Å². The Morgan fingerprint density at radius 2 is 1.90 bits per heavy atom. The molecule has 0 spiro atoms. The SMILES string of the molecule is CC1(C(F)(F)F)NC(=O)N(CCc2ccccc2N)C1=O. The third-order valence-electron chi connectivity index (χ3n) is 3.50. The number of alkyl halides is 3. The second kappa shape index (κ2) is 4.94. The number of carbonyl (C=O) groups is 2. The lowest BCUT2D eigenvalue weighted by molar-refractivity contribution is -0.191. The fourth-order valence-corrected chi connectivity index (χ4v) is 2.09. The maximum Gasteiger partial charge on any atom is 0.420 e. The molecule has 1 aromatic carbocycles. The molecule has 0 saturated carbocycles. The number of halogens is 3. The van der Waals surface area contributed by atoms with E-state index in [1.54, 1.807) is 29.6 Å². The summed E-state index contributed by atoms with van der Waals surface area (Å²) in [5, 5.41) is 1.70. The first-order valence-corrected chi connectivity index (χ1v) is 6.21. The molecule has 1 aromatic rings. The van der Waals surface area contributed by atoms with Crippen LogP contribution in [0.2, 0.25) is 0 Å². The minimum Gasteiger partial charge on any atom is -0.399 e. The highest BCUT2D eigenvalue weighted by atomic mass is 19.4. The van der Waals surface area contributed by atoms with E-state index in [0.29, 0.717) is 23.1 Å². The van der Waals surface area contributed by atoms with Crippen LogP contribution < -0.4 is 11.1 Å². The number of nitrogens with two attached hydrogens (primary N) is 1. The molecule has 0 radical (unpaired) electrons. The van der Waals surface area contributed by atoms with Crippen molar-refractivity contribution < 1.29 is 22.8 Å². The maximum absolute atomic E-state index is 12.9. The molecular formula is C13H14F3N3O2. The molecule has 2 rings (SSSR count). The minimum atomic E-state index is -4.85. The Bertz CT molecular complexity index is 588. The lowest BCUT2D eigenvalue weighted by Gasteiger charge is -2.24. The van der Waals surface area contributed by atoms with Gasteiger partial charge in [-0.05, 0) is 25.0 Å². The quantitative estimate of drug-likeness (QED) is 0.659. The van der Waals surface area contributed by atoms with Crippen molar-refractivity contribution in [3.05, 3.63) is 29.8 Å². The Labute approximate surface area is 118 Å². The fraction of sp³-hybridized carbons (Fsp3) is 0.385. The van der Waals surface area contributed by atoms with Crippen LogP contribution in [0.1, 0.15) is 12.5 Å². The molecule has 1 heterocycles. The second-order valence-electron chi connectivity index (χ2n) is 4.96. The third-order valence-corrected chi connectivity index (χ3v) is 3.50. The van der Waals surface area contributed by atoms with Gasteiger partial charge >= 0.3 is 12.2 Å². The minimum absolute atomic E-state index is 0.162. The highest BCUT2D eigenvalue weighted by molar-refractivity contribution is 6.07. The molecule has 0 aromatic heterocycles. The molecule has 1 aliphatic heterocycles. The predicted molar refractivity (Wildman–Crippen MR) is 69.3 cm³/mol. The summed E-state index contributed by atoms with van der Waals surface area (Å²) in [5.41, 5.74) is 3.97. The standard InChI is InChI=1S/C13H14F3N3O2/c1-12(13(14,15)16)10(20)19(11(21)18-12)7-6-8-4-2-3-5-9(8)17/h2-5H,6-7,17H2,1H3,(H,18,21). The summed E-state index contributed by atoms with van der Waals surface area (Å²) < 4.78 is 38.7. The zero-order valence-corrected chi connectivity index (χ0v) is 11.2. The molecule has 114 valence electrons. The number of benzene rings is 1. The average molecular weight is 301 g/mol. The molecule has 1 unspecified atom stereocenters. The van der Waals surface area contributed by atoms with E-state index in [4.69, 9.17) is 5.73 Å². The fourth-order valence-electron chi connectivity index (χ4n) is 2.09. The van der Waals surface area contributed by atoms with Gasteiger partial charge in [0, 0.05) is 12.2 Å². The molecule has 0 aliphatic carbocycles. The number of nitrogens with one attached hydrogen (secondary N) is 1. The summed E-state index contributed by atoms with van der Waals surface area (Å²) in [7, 11) is 0. The zero-order valence-electron chi connectivity index (χ0n) is 11.2. The average Bonchev–Trinajstić information content (AvgIpc) is 2.60. The highest BCUT2D eigenvalue weighted by Crippen LogP contribution is 2.35. The van der Waals surface area contributed by atoms with Gasteiger partial charge in [0.1, 0.15) is 0 Å². The summed E-state index contributed by atoms with van der Waals surface area (Å²) in [6.07, 6.45) is -4.65. The number of hydrogen-bond donors (Lipinski definition) is 2. The maximum atomic E-state index is 12.9. The van der Waals surface area contributed by atoms with Crippen LogP contribution in [0, 0.1) is 0 Å². The van der Waals surface area contributed by atoms with E-state index >= 15 is 0 Å². The van der Waals surface area contributed by atoms with E-state index < -0.39 is 23.7 Å². The number of nitrogen functional groups attached to an aromatic ring is 1. The molecule has 3 N–H and O–H groups in total. The largest absolute Gasteiger partial charge is 0.420 e. The molecule has 21 heavy (non-hydrogen) atoms. The summed E-state index contributed by atoms with van der Waals surface area (Å²) in [4.78, 5) is 24.1. The Morgan fingerprint density at radius 1 is 1.29 bits per heavy atom. The number of rotatable bonds is 3. The van der Waals surface area contributed by atoms with Crippen molar-refractivity contribution in [2.75, 3.05) is 12.3 Å². The van der Waals surface area contributed by atoms with E-state index in [0.717, 1.165) is 0 Å². The summed E-state index contributed by atoms with van der Waals surface area (Å²) in [6.45, 7) is 0.495. The molecule has 0 bridgehead atoms. The van der Waals surface area contributed by atoms with Crippen molar-refractivity contribution in [3.63, 3.8) is 0 Å². The number of carbonyl (C=O) groups excluding carboxylic acids is 2. The molecule has 1 aliphatic rings. The van der Waals surface area contributed by atoms with Crippen molar-refractivity contribution in [3.8, 4) is 0 Å². The lowest BCUT2D eigenvalue weighted by Crippen LogP contribution is -2.56. The zero-order chi connectivity index (χ0) is 15.8. The van der Waals surface area contributed by atoms with Gasteiger partial charge in [0.15, 0.2) is 0 Å². The Kier molecular flexibility index (Phi) is 3.56. The van der Waals surface area contributed by atoms with Gasteiger partial charge in [0.25, 0.3) is 5.91 Å². The van der Waals surface area contributed by atoms with E-state index in [-0.39, 0.29) is 13.0 Å². The molecule has 1 saturated heterocycles. The van der Waals surface area contributed by atoms with Gasteiger partial charge in [-0.15, -0.1) is 0 Å². The van der Waals surface area contributed by atoms with Crippen molar-refractivity contribution in [1.29, 1.82) is 0 Å². The van der Waals surface area contributed by atoms with Gasteiger partial charge < -0.3 is 11.1 Å². The lowest BCUT2D eigenvalue weighted by atomic mass is 10.0. The normalized spacial score (nSPS) is 22.6. The van der Waals surface area contributed by atoms with Gasteiger partial charge in [-0.1, -0.05) is 18.2 Å². The number of para-hydroxylation sites is 1. The first kappa shape index (κ1) is 15.1. The number of anilines is 1. The van der Waals surface area contributed by atoms with Crippen LogP contribution in [0.15, 0.2) is 24.3 Å². The first-order chi connectivity index (χ1) is 9.67. The second-order valence-corrected chi connectivity index (χ2v) is 4.96. The van der Waals surface area contributed by atoms with Crippen LogP contribution in [-0.4, -0.2) is 35.1 Å². The van der Waals surface area contributed by atoms with Gasteiger partial charge in [0.2, 0.25) is 5.54 Å². The van der Waals surface area contributed by atoms with Crippen LogP contribution in [-0.2, 0) is 11.2 Å². The van der Waals surface area contributed by atoms with Crippen molar-refractivity contribution in [2.45, 2.75) is 25.1 Å². The monoisotopic (exact) mass is 301 g/mol. The number of amides is 3. The Morgan fingerprint density at radius 3 is 2.43 bits per heavy atom. The molecule has 8 heteroatoms. The number of imide groups is 1. The predicted octanol–water partition coefficient (Wildman–Crippen LogP) is 1.68. The van der Waals surface area contributed by atoms with Crippen molar-refractivity contribution in [1.82, 2.24) is 10.2 Å². The van der Waals surface area contributed by atoms with Crippen molar-refractivity contribution in [2.24, 2.45) is 0 Å². The van der Waals surface area contributed by atoms with Crippen LogP contribution >= 0.6 is 0 Å². The highest BCUT2D eigenvalue weighted by Gasteiger charge is 2.64. The van der Waals surface area contributed by atoms with E-state index in [1.807, 2.05) is 0 Å². The first-order valence-electron chi connectivity index (χ1n) is 6.21. The molecule has 1 fully saturated rings. The summed E-state index contributed by atoms with van der Waals surface area (Å²) in [5.74, 6) is -1.30. The van der Waals surface area contributed by atoms with Crippen LogP contribution in [0.4, 0.5) is 23.7 Å². The van der Waals surface area contributed by atoms with Gasteiger partial charge in [-0.3, -0.25) is 9.69 Å². The van der Waals surface area contributed by atoms with Gasteiger partial charge in [-0.25, -0.2) is 4.79 Å². The smallest absolute Gasteiger partial charge is 0.399 e. The third kappa shape index (κ3) is 2.53. The van der Waals surface area contributed by atoms with Gasteiger partial charge in [0.05, 0.1) is 0 Å². The number of urea groups is 1.